The molecule has 0 aliphatic carbocycles. The predicted octanol–water partition coefficient (Wildman–Crippen LogP) is 4.35. The molecule has 0 bridgehead atoms. The summed E-state index contributed by atoms with van der Waals surface area (Å²) in [6.07, 6.45) is 8.58. The van der Waals surface area contributed by atoms with E-state index < -0.39 is 0 Å². The van der Waals surface area contributed by atoms with Crippen molar-refractivity contribution < 1.29 is 0 Å². The zero-order valence-electron chi connectivity index (χ0n) is 21.8. The van der Waals surface area contributed by atoms with Crippen molar-refractivity contribution in [3.8, 4) is 0 Å². The molecule has 5 nitrogen and oxygen atoms in total. The molecule has 0 atom stereocenters. The third-order valence-electron chi connectivity index (χ3n) is 7.69. The fourth-order valence-corrected chi connectivity index (χ4v) is 5.88. The smallest absolute Gasteiger partial charge is 0.246 e. The number of para-hydroxylation sites is 2. The number of fused-ring (bicyclic) bond motifs is 2. The molecule has 0 fully saturated rings. The van der Waals surface area contributed by atoms with Gasteiger partial charge in [-0.25, -0.2) is 0 Å². The molecule has 4 aromatic carbocycles. The molecule has 0 spiro atoms. The minimum absolute atomic E-state index is 0.120. The van der Waals surface area contributed by atoms with Crippen molar-refractivity contribution in [1.29, 1.82) is 0 Å². The maximum absolute atomic E-state index is 2.42. The molecule has 0 radical (unpaired) electrons. The van der Waals surface area contributed by atoms with E-state index in [1.807, 2.05) is 0 Å². The molecule has 0 saturated heterocycles. The summed E-state index contributed by atoms with van der Waals surface area (Å²) < 4.78 is 0. The summed E-state index contributed by atoms with van der Waals surface area (Å²) in [5.41, 5.74) is 10.0. The van der Waals surface area contributed by atoms with Crippen LogP contribution in [0, 0.1) is 0 Å². The van der Waals surface area contributed by atoms with E-state index in [0.717, 1.165) is 13.3 Å². The molecule has 0 saturated carbocycles. The van der Waals surface area contributed by atoms with Crippen LogP contribution in [0.4, 0.5) is 28.4 Å². The van der Waals surface area contributed by atoms with Crippen molar-refractivity contribution in [2.75, 3.05) is 42.1 Å². The molecular formula is C32H30BN5. The third-order valence-corrected chi connectivity index (χ3v) is 7.69. The first kappa shape index (κ1) is 22.6. The van der Waals surface area contributed by atoms with Crippen LogP contribution in [-0.2, 0) is 0 Å². The summed E-state index contributed by atoms with van der Waals surface area (Å²) in [4.78, 5) is 11.4. The number of hydrogen-bond donors (Lipinski definition) is 0. The van der Waals surface area contributed by atoms with E-state index >= 15 is 0 Å². The van der Waals surface area contributed by atoms with Crippen LogP contribution < -0.4 is 31.1 Å². The van der Waals surface area contributed by atoms with Crippen molar-refractivity contribution in [1.82, 2.24) is 9.80 Å². The minimum atomic E-state index is 0.120. The number of hydrogen-bond acceptors (Lipinski definition) is 5. The lowest BCUT2D eigenvalue weighted by molar-refractivity contribution is 0.496. The lowest BCUT2D eigenvalue weighted by atomic mass is 9.35. The Kier molecular flexibility index (Phi) is 5.40. The Labute approximate surface area is 225 Å². The molecule has 6 heteroatoms. The van der Waals surface area contributed by atoms with E-state index in [9.17, 15) is 0 Å². The summed E-state index contributed by atoms with van der Waals surface area (Å²) in [7, 11) is 4.22. The number of rotatable bonds is 4. The molecule has 3 heterocycles. The molecule has 38 heavy (non-hydrogen) atoms. The van der Waals surface area contributed by atoms with E-state index in [0.29, 0.717) is 0 Å². The van der Waals surface area contributed by atoms with Gasteiger partial charge in [0, 0.05) is 67.3 Å². The summed E-state index contributed by atoms with van der Waals surface area (Å²) >= 11 is 0. The van der Waals surface area contributed by atoms with Crippen molar-refractivity contribution in [2.24, 2.45) is 0 Å². The molecule has 0 amide bonds. The van der Waals surface area contributed by atoms with Crippen molar-refractivity contribution in [3.63, 3.8) is 0 Å². The zero-order chi connectivity index (χ0) is 25.6. The summed E-state index contributed by atoms with van der Waals surface area (Å²) in [5, 5.41) is 0. The maximum atomic E-state index is 2.42. The van der Waals surface area contributed by atoms with Gasteiger partial charge in [0.15, 0.2) is 0 Å². The molecule has 0 aromatic heterocycles. The van der Waals surface area contributed by atoms with Gasteiger partial charge >= 0.3 is 0 Å². The van der Waals surface area contributed by atoms with Crippen LogP contribution in [0.25, 0.3) is 0 Å². The second-order valence-corrected chi connectivity index (χ2v) is 10.3. The molecule has 0 N–H and O–H groups in total. The minimum Gasteiger partial charge on any atom is -0.361 e. The van der Waals surface area contributed by atoms with Gasteiger partial charge in [-0.2, -0.15) is 0 Å². The highest BCUT2D eigenvalue weighted by Crippen LogP contribution is 2.37. The van der Waals surface area contributed by atoms with Crippen molar-refractivity contribution in [3.05, 3.63) is 122 Å². The molecular weight excluding hydrogens is 465 g/mol. The second kappa shape index (κ2) is 9.07. The van der Waals surface area contributed by atoms with Gasteiger partial charge in [-0.3, -0.25) is 0 Å². The Hall–Kier alpha value is -4.58. The van der Waals surface area contributed by atoms with Crippen LogP contribution in [0.1, 0.15) is 0 Å². The maximum Gasteiger partial charge on any atom is 0.246 e. The first-order valence-electron chi connectivity index (χ1n) is 13.1. The topological polar surface area (TPSA) is 16.2 Å². The second-order valence-electron chi connectivity index (χ2n) is 10.3. The SMILES string of the molecule is CN1C=CN(c2cccc(B3c4ccccc4N(c4ccccc4)c4ccc(N5C=CN(C)C5)cc43)c2)C1. The van der Waals surface area contributed by atoms with E-state index in [1.54, 1.807) is 0 Å². The first-order chi connectivity index (χ1) is 18.7. The highest BCUT2D eigenvalue weighted by molar-refractivity contribution is 6.98. The molecule has 0 unspecified atom stereocenters. The third kappa shape index (κ3) is 3.81. The number of benzene rings is 4. The average Bonchev–Trinajstić information content (AvgIpc) is 3.60. The first-order valence-corrected chi connectivity index (χ1v) is 13.1. The van der Waals surface area contributed by atoms with Crippen LogP contribution >= 0.6 is 0 Å². The van der Waals surface area contributed by atoms with Crippen LogP contribution in [0.3, 0.4) is 0 Å². The monoisotopic (exact) mass is 495 g/mol. The normalized spacial score (nSPS) is 15.9. The summed E-state index contributed by atoms with van der Waals surface area (Å²) in [5.74, 6) is 0. The van der Waals surface area contributed by atoms with Gasteiger partial charge in [-0.05, 0) is 59.5 Å². The lowest BCUT2D eigenvalue weighted by Crippen LogP contribution is -2.57. The van der Waals surface area contributed by atoms with E-state index in [-0.39, 0.29) is 6.71 Å². The molecule has 4 aromatic rings. The van der Waals surface area contributed by atoms with Gasteiger partial charge in [-0.15, -0.1) is 0 Å². The Bertz CT molecular complexity index is 1550. The quantitative estimate of drug-likeness (QED) is 0.344. The van der Waals surface area contributed by atoms with Gasteiger partial charge in [0.1, 0.15) is 0 Å². The molecule has 186 valence electrons. The summed E-state index contributed by atoms with van der Waals surface area (Å²) in [6, 6.07) is 35.6. The van der Waals surface area contributed by atoms with E-state index in [4.69, 9.17) is 0 Å². The van der Waals surface area contributed by atoms with Crippen LogP contribution in [0.15, 0.2) is 122 Å². The Morgan fingerprint density at radius 2 is 1.16 bits per heavy atom. The fourth-order valence-electron chi connectivity index (χ4n) is 5.88. The fraction of sp³-hybridized carbons (Fsp3) is 0.125. The highest BCUT2D eigenvalue weighted by atomic mass is 15.3. The predicted molar refractivity (Wildman–Crippen MR) is 161 cm³/mol. The lowest BCUT2D eigenvalue weighted by Gasteiger charge is -2.37. The van der Waals surface area contributed by atoms with Crippen molar-refractivity contribution >= 4 is 51.5 Å². The van der Waals surface area contributed by atoms with Crippen LogP contribution in [0.2, 0.25) is 0 Å². The summed E-state index contributed by atoms with van der Waals surface area (Å²) in [6.45, 7) is 1.84. The number of nitrogens with zero attached hydrogens (tertiary/aromatic N) is 5. The largest absolute Gasteiger partial charge is 0.361 e. The van der Waals surface area contributed by atoms with Gasteiger partial charge in [0.2, 0.25) is 6.71 Å². The van der Waals surface area contributed by atoms with Gasteiger partial charge in [0.05, 0.1) is 13.3 Å². The molecule has 3 aliphatic rings. The number of anilines is 5. The zero-order valence-corrected chi connectivity index (χ0v) is 21.8. The Balaban J connectivity index is 1.42. The average molecular weight is 495 g/mol. The highest BCUT2D eigenvalue weighted by Gasteiger charge is 2.36. The molecule has 3 aliphatic heterocycles. The van der Waals surface area contributed by atoms with Gasteiger partial charge in [-0.1, -0.05) is 54.0 Å². The Morgan fingerprint density at radius 3 is 1.87 bits per heavy atom. The standard InChI is InChI=1S/C32H30BN5/c1-34-17-19-36(23-34)27-12-8-9-25(21-27)33-29-13-6-7-14-31(29)38(26-10-4-3-5-11-26)32-16-15-28(22-30(32)33)37-20-18-35(2)24-37/h3-22H,23-24H2,1-2H3. The Morgan fingerprint density at radius 1 is 0.526 bits per heavy atom. The van der Waals surface area contributed by atoms with Crippen LogP contribution in [0.5, 0.6) is 0 Å². The van der Waals surface area contributed by atoms with Gasteiger partial charge in [0.25, 0.3) is 0 Å². The van der Waals surface area contributed by atoms with E-state index in [1.165, 1.54) is 44.8 Å². The molecule has 7 rings (SSSR count). The van der Waals surface area contributed by atoms with Crippen LogP contribution in [-0.4, -0.2) is 43.9 Å². The van der Waals surface area contributed by atoms with E-state index in [2.05, 4.69) is 160 Å². The van der Waals surface area contributed by atoms with Crippen molar-refractivity contribution in [2.45, 2.75) is 0 Å². The van der Waals surface area contributed by atoms with Gasteiger partial charge < -0.3 is 24.5 Å².